The van der Waals surface area contributed by atoms with Gasteiger partial charge in [0.2, 0.25) is 0 Å². The van der Waals surface area contributed by atoms with E-state index in [1.807, 2.05) is 13.8 Å². The van der Waals surface area contributed by atoms with Crippen LogP contribution >= 0.6 is 0 Å². The lowest BCUT2D eigenvalue weighted by molar-refractivity contribution is -0.137. The standard InChI is InChI=1S/C22H34F3N3O2/c1-21(2,18-6-4-7-19(14-18)22(23,24)25)16-28-20(26-3)27-10-5-11-30-15-17-8-12-29-13-9-17/h4,6-7,14,17H,5,8-13,15-16H2,1-3H3,(H2,26,27,28). The Balaban J connectivity index is 1.71. The fourth-order valence-electron chi connectivity index (χ4n) is 3.29. The molecule has 8 heteroatoms. The molecule has 1 aliphatic heterocycles. The molecule has 5 nitrogen and oxygen atoms in total. The molecule has 1 saturated heterocycles. The van der Waals surface area contributed by atoms with Gasteiger partial charge in [-0.15, -0.1) is 0 Å². The topological polar surface area (TPSA) is 54.9 Å². The lowest BCUT2D eigenvalue weighted by atomic mass is 9.84. The molecule has 30 heavy (non-hydrogen) atoms. The number of rotatable bonds is 9. The molecule has 2 rings (SSSR count). The first-order valence-corrected chi connectivity index (χ1v) is 10.5. The molecule has 2 N–H and O–H groups in total. The predicted molar refractivity (Wildman–Crippen MR) is 113 cm³/mol. The van der Waals surface area contributed by atoms with Crippen molar-refractivity contribution >= 4 is 5.96 Å². The molecule has 1 aromatic rings. The number of halogens is 3. The van der Waals surface area contributed by atoms with Crippen molar-refractivity contribution in [3.05, 3.63) is 35.4 Å². The molecule has 0 atom stereocenters. The summed E-state index contributed by atoms with van der Waals surface area (Å²) in [6.45, 7) is 8.09. The zero-order valence-electron chi connectivity index (χ0n) is 18.1. The first kappa shape index (κ1) is 24.5. The van der Waals surface area contributed by atoms with Crippen LogP contribution in [0.2, 0.25) is 0 Å². The van der Waals surface area contributed by atoms with Gasteiger partial charge in [0.15, 0.2) is 5.96 Å². The highest BCUT2D eigenvalue weighted by atomic mass is 19.4. The van der Waals surface area contributed by atoms with Gasteiger partial charge in [-0.2, -0.15) is 13.2 Å². The van der Waals surface area contributed by atoms with E-state index in [0.717, 1.165) is 45.1 Å². The summed E-state index contributed by atoms with van der Waals surface area (Å²) in [6, 6.07) is 5.49. The zero-order valence-corrected chi connectivity index (χ0v) is 18.1. The number of alkyl halides is 3. The third kappa shape index (κ3) is 8.14. The van der Waals surface area contributed by atoms with Crippen LogP contribution in [-0.4, -0.2) is 52.5 Å². The molecule has 0 radical (unpaired) electrons. The maximum Gasteiger partial charge on any atom is 0.416 e. The molecule has 0 unspecified atom stereocenters. The number of ether oxygens (including phenoxy) is 2. The van der Waals surface area contributed by atoms with Crippen molar-refractivity contribution in [3.63, 3.8) is 0 Å². The van der Waals surface area contributed by atoms with E-state index in [1.54, 1.807) is 13.1 Å². The summed E-state index contributed by atoms with van der Waals surface area (Å²) in [7, 11) is 1.67. The Bertz CT molecular complexity index is 672. The third-order valence-electron chi connectivity index (χ3n) is 5.35. The monoisotopic (exact) mass is 429 g/mol. The van der Waals surface area contributed by atoms with Gasteiger partial charge in [-0.25, -0.2) is 0 Å². The van der Waals surface area contributed by atoms with Gasteiger partial charge in [0, 0.05) is 52.0 Å². The molecule has 0 amide bonds. The minimum atomic E-state index is -4.34. The van der Waals surface area contributed by atoms with Gasteiger partial charge in [0.1, 0.15) is 0 Å². The lowest BCUT2D eigenvalue weighted by Gasteiger charge is -2.27. The second kappa shape index (κ2) is 11.6. The average molecular weight is 430 g/mol. The van der Waals surface area contributed by atoms with Crippen molar-refractivity contribution in [1.29, 1.82) is 0 Å². The number of nitrogens with one attached hydrogen (secondary N) is 2. The summed E-state index contributed by atoms with van der Waals surface area (Å²) in [6.07, 6.45) is -1.36. The van der Waals surface area contributed by atoms with E-state index in [9.17, 15) is 13.2 Å². The van der Waals surface area contributed by atoms with Gasteiger partial charge >= 0.3 is 6.18 Å². The van der Waals surface area contributed by atoms with E-state index >= 15 is 0 Å². The summed E-state index contributed by atoms with van der Waals surface area (Å²) in [5.74, 6) is 1.22. The van der Waals surface area contributed by atoms with Gasteiger partial charge in [0.25, 0.3) is 0 Å². The number of benzene rings is 1. The Labute approximate surface area is 177 Å². The molecule has 0 spiro atoms. The summed E-state index contributed by atoms with van der Waals surface area (Å²) < 4.78 is 50.1. The second-order valence-corrected chi connectivity index (χ2v) is 8.30. The van der Waals surface area contributed by atoms with Crippen LogP contribution in [-0.2, 0) is 21.1 Å². The molecular formula is C22H34F3N3O2. The fourth-order valence-corrected chi connectivity index (χ4v) is 3.29. The molecule has 170 valence electrons. The van der Waals surface area contributed by atoms with E-state index in [4.69, 9.17) is 9.47 Å². The third-order valence-corrected chi connectivity index (χ3v) is 5.35. The second-order valence-electron chi connectivity index (χ2n) is 8.30. The van der Waals surface area contributed by atoms with Crippen LogP contribution < -0.4 is 10.6 Å². The Morgan fingerprint density at radius 3 is 2.53 bits per heavy atom. The maximum atomic E-state index is 13.0. The van der Waals surface area contributed by atoms with E-state index in [0.29, 0.717) is 37.1 Å². The molecule has 1 aromatic carbocycles. The van der Waals surface area contributed by atoms with Crippen molar-refractivity contribution in [3.8, 4) is 0 Å². The molecule has 1 fully saturated rings. The van der Waals surface area contributed by atoms with Crippen molar-refractivity contribution in [2.75, 3.05) is 46.6 Å². The Morgan fingerprint density at radius 2 is 1.87 bits per heavy atom. The minimum Gasteiger partial charge on any atom is -0.381 e. The molecular weight excluding hydrogens is 395 g/mol. The first-order chi connectivity index (χ1) is 14.2. The number of hydrogen-bond donors (Lipinski definition) is 2. The van der Waals surface area contributed by atoms with Gasteiger partial charge in [0.05, 0.1) is 5.56 Å². The van der Waals surface area contributed by atoms with Gasteiger partial charge in [-0.3, -0.25) is 4.99 Å². The lowest BCUT2D eigenvalue weighted by Crippen LogP contribution is -2.43. The van der Waals surface area contributed by atoms with E-state index < -0.39 is 17.2 Å². The van der Waals surface area contributed by atoms with Crippen molar-refractivity contribution in [2.24, 2.45) is 10.9 Å². The highest BCUT2D eigenvalue weighted by molar-refractivity contribution is 5.79. The summed E-state index contributed by atoms with van der Waals surface area (Å²) in [4.78, 5) is 4.19. The fraction of sp³-hybridized carbons (Fsp3) is 0.682. The van der Waals surface area contributed by atoms with Crippen LogP contribution in [0, 0.1) is 5.92 Å². The van der Waals surface area contributed by atoms with Gasteiger partial charge in [-0.05, 0) is 36.8 Å². The predicted octanol–water partition coefficient (Wildman–Crippen LogP) is 3.98. The quantitative estimate of drug-likeness (QED) is 0.354. The van der Waals surface area contributed by atoms with Crippen LogP contribution in [0.1, 0.15) is 44.2 Å². The van der Waals surface area contributed by atoms with Crippen LogP contribution in [0.3, 0.4) is 0 Å². The Morgan fingerprint density at radius 1 is 1.17 bits per heavy atom. The molecule has 0 aliphatic carbocycles. The Kier molecular flexibility index (Phi) is 9.42. The van der Waals surface area contributed by atoms with Crippen molar-refractivity contribution < 1.29 is 22.6 Å². The van der Waals surface area contributed by atoms with Crippen LogP contribution in [0.4, 0.5) is 13.2 Å². The molecule has 0 saturated carbocycles. The summed E-state index contributed by atoms with van der Waals surface area (Å²) in [5, 5.41) is 6.44. The largest absolute Gasteiger partial charge is 0.416 e. The minimum absolute atomic E-state index is 0.453. The van der Waals surface area contributed by atoms with Crippen molar-refractivity contribution in [1.82, 2.24) is 10.6 Å². The van der Waals surface area contributed by atoms with Crippen molar-refractivity contribution in [2.45, 2.75) is 44.7 Å². The van der Waals surface area contributed by atoms with E-state index in [2.05, 4.69) is 15.6 Å². The molecule has 0 aromatic heterocycles. The van der Waals surface area contributed by atoms with E-state index in [-0.39, 0.29) is 0 Å². The average Bonchev–Trinajstić information content (AvgIpc) is 2.73. The Hall–Kier alpha value is -1.80. The smallest absolute Gasteiger partial charge is 0.381 e. The zero-order chi connectivity index (χ0) is 22.0. The number of hydrogen-bond acceptors (Lipinski definition) is 3. The highest BCUT2D eigenvalue weighted by Gasteiger charge is 2.32. The number of aliphatic imine (C=N–C) groups is 1. The molecule has 1 aliphatic rings. The first-order valence-electron chi connectivity index (χ1n) is 10.5. The SMILES string of the molecule is CN=C(NCCCOCC1CCOCC1)NCC(C)(C)c1cccc(C(F)(F)F)c1. The molecule has 1 heterocycles. The van der Waals surface area contributed by atoms with Crippen LogP contribution in [0.25, 0.3) is 0 Å². The molecule has 0 bridgehead atoms. The summed E-state index contributed by atoms with van der Waals surface area (Å²) >= 11 is 0. The highest BCUT2D eigenvalue weighted by Crippen LogP contribution is 2.32. The number of guanidine groups is 1. The number of nitrogens with zero attached hydrogens (tertiary/aromatic N) is 1. The van der Waals surface area contributed by atoms with Gasteiger partial charge in [-0.1, -0.05) is 32.0 Å². The van der Waals surface area contributed by atoms with E-state index in [1.165, 1.54) is 12.1 Å². The van der Waals surface area contributed by atoms with Crippen LogP contribution in [0.5, 0.6) is 0 Å². The van der Waals surface area contributed by atoms with Gasteiger partial charge < -0.3 is 20.1 Å². The van der Waals surface area contributed by atoms with Crippen LogP contribution in [0.15, 0.2) is 29.3 Å². The maximum absolute atomic E-state index is 13.0. The normalized spacial score (nSPS) is 16.5. The summed E-state index contributed by atoms with van der Waals surface area (Å²) in [5.41, 5.74) is -0.496.